The second-order valence-corrected chi connectivity index (χ2v) is 11.6. The van der Waals surface area contributed by atoms with Crippen molar-refractivity contribution >= 4 is 39.5 Å². The van der Waals surface area contributed by atoms with Crippen molar-refractivity contribution in [2.75, 3.05) is 18.4 Å². The SMILES string of the molecule is Cc1ccc(S(=O)(=O)N2CCC[C@H]2C(=O)N[C@@H](Cc2ccc(NC(=O)CCCCNC(=N)N)cc2)C(=O)O)cc1. The third kappa shape index (κ3) is 8.52. The highest BCUT2D eigenvalue weighted by atomic mass is 32.2. The highest BCUT2D eigenvalue weighted by Gasteiger charge is 2.40. The lowest BCUT2D eigenvalue weighted by molar-refractivity contribution is -0.142. The number of unbranched alkanes of at least 4 members (excludes halogenated alkanes) is 1. The maximum atomic E-state index is 13.2. The number of guanidine groups is 1. The van der Waals surface area contributed by atoms with E-state index in [0.29, 0.717) is 49.9 Å². The monoisotopic (exact) mass is 572 g/mol. The zero-order valence-corrected chi connectivity index (χ0v) is 23.2. The molecule has 1 aliphatic heterocycles. The molecule has 0 unspecified atom stereocenters. The molecular weight excluding hydrogens is 536 g/mol. The normalized spacial score (nSPS) is 16.2. The molecule has 1 saturated heterocycles. The molecule has 40 heavy (non-hydrogen) atoms. The van der Waals surface area contributed by atoms with E-state index in [2.05, 4.69) is 16.0 Å². The molecule has 0 radical (unpaired) electrons. The number of anilines is 1. The van der Waals surface area contributed by atoms with E-state index in [1.165, 1.54) is 12.1 Å². The van der Waals surface area contributed by atoms with Crippen molar-refractivity contribution in [2.24, 2.45) is 5.73 Å². The summed E-state index contributed by atoms with van der Waals surface area (Å²) in [4.78, 5) is 37.3. The number of benzene rings is 2. The van der Waals surface area contributed by atoms with Gasteiger partial charge in [-0.05, 0) is 62.4 Å². The topological polar surface area (TPSA) is 195 Å². The number of sulfonamides is 1. The number of amides is 2. The first-order chi connectivity index (χ1) is 19.0. The summed E-state index contributed by atoms with van der Waals surface area (Å²) in [5, 5.41) is 24.8. The van der Waals surface area contributed by atoms with Gasteiger partial charge in [0.15, 0.2) is 5.96 Å². The predicted molar refractivity (Wildman–Crippen MR) is 150 cm³/mol. The summed E-state index contributed by atoms with van der Waals surface area (Å²) in [5.41, 5.74) is 7.29. The lowest BCUT2D eigenvalue weighted by Gasteiger charge is -2.25. The van der Waals surface area contributed by atoms with Crippen LogP contribution in [-0.4, -0.2) is 66.7 Å². The highest BCUT2D eigenvalue weighted by Crippen LogP contribution is 2.26. The molecule has 1 fully saturated rings. The van der Waals surface area contributed by atoms with Gasteiger partial charge in [-0.2, -0.15) is 4.31 Å². The van der Waals surface area contributed by atoms with Crippen molar-refractivity contribution in [3.05, 3.63) is 59.7 Å². The summed E-state index contributed by atoms with van der Waals surface area (Å²) in [6.45, 7) is 2.53. The Labute approximate surface area is 233 Å². The average molecular weight is 573 g/mol. The van der Waals surface area contributed by atoms with Crippen LogP contribution in [0.2, 0.25) is 0 Å². The molecule has 0 aliphatic carbocycles. The maximum Gasteiger partial charge on any atom is 0.326 e. The predicted octanol–water partition coefficient (Wildman–Crippen LogP) is 1.55. The Morgan fingerprint density at radius 2 is 1.77 bits per heavy atom. The number of carbonyl (C=O) groups excluding carboxylic acids is 2. The van der Waals surface area contributed by atoms with Crippen molar-refractivity contribution in [3.8, 4) is 0 Å². The van der Waals surface area contributed by atoms with Crippen LogP contribution in [-0.2, 0) is 30.8 Å². The Balaban J connectivity index is 1.57. The van der Waals surface area contributed by atoms with Gasteiger partial charge >= 0.3 is 5.97 Å². The Kier molecular flexibility index (Phi) is 10.6. The van der Waals surface area contributed by atoms with Gasteiger partial charge in [0, 0.05) is 31.6 Å². The largest absolute Gasteiger partial charge is 0.480 e. The molecule has 7 N–H and O–H groups in total. The first-order valence-corrected chi connectivity index (χ1v) is 14.5. The highest BCUT2D eigenvalue weighted by molar-refractivity contribution is 7.89. The number of rotatable bonds is 13. The molecule has 2 atom stereocenters. The third-order valence-electron chi connectivity index (χ3n) is 6.57. The van der Waals surface area contributed by atoms with Crippen LogP contribution in [0.3, 0.4) is 0 Å². The fourth-order valence-corrected chi connectivity index (χ4v) is 6.08. The molecule has 12 nitrogen and oxygen atoms in total. The molecule has 0 saturated carbocycles. The number of carboxylic acid groups (broad SMARTS) is 1. The number of hydrogen-bond acceptors (Lipinski definition) is 6. The van der Waals surface area contributed by atoms with Crippen LogP contribution in [0.1, 0.15) is 43.2 Å². The Morgan fingerprint density at radius 3 is 2.40 bits per heavy atom. The van der Waals surface area contributed by atoms with Crippen molar-refractivity contribution in [2.45, 2.75) is 62.4 Å². The minimum Gasteiger partial charge on any atom is -0.480 e. The van der Waals surface area contributed by atoms with Crippen LogP contribution in [0.4, 0.5) is 5.69 Å². The van der Waals surface area contributed by atoms with Gasteiger partial charge in [0.1, 0.15) is 12.1 Å². The van der Waals surface area contributed by atoms with Crippen molar-refractivity contribution in [1.82, 2.24) is 14.9 Å². The molecule has 1 heterocycles. The minimum atomic E-state index is -3.92. The summed E-state index contributed by atoms with van der Waals surface area (Å²) in [6, 6.07) is 10.7. The number of carbonyl (C=O) groups is 3. The van der Waals surface area contributed by atoms with Crippen molar-refractivity contribution < 1.29 is 27.9 Å². The first-order valence-electron chi connectivity index (χ1n) is 13.1. The van der Waals surface area contributed by atoms with Gasteiger partial charge in [-0.3, -0.25) is 15.0 Å². The standard InChI is InChI=1S/C27H36N6O6S/c1-18-7-13-21(14-8-18)40(38,39)33-16-4-5-23(33)25(35)32-22(26(36)37)17-19-9-11-20(12-10-19)31-24(34)6-2-3-15-30-27(28)29/h7-14,22-23H,2-6,15-17H2,1H3,(H,31,34)(H,32,35)(H,36,37)(H4,28,29,30)/t22-,23-/m0/s1. The van der Waals surface area contributed by atoms with Crippen molar-refractivity contribution in [1.29, 1.82) is 5.41 Å². The fraction of sp³-hybridized carbons (Fsp3) is 0.407. The van der Waals surface area contributed by atoms with E-state index in [1.54, 1.807) is 36.4 Å². The molecule has 3 rings (SSSR count). The van der Waals surface area contributed by atoms with Crippen LogP contribution in [0.15, 0.2) is 53.4 Å². The van der Waals surface area contributed by atoms with Crippen LogP contribution < -0.4 is 21.7 Å². The summed E-state index contributed by atoms with van der Waals surface area (Å²) in [7, 11) is -3.92. The summed E-state index contributed by atoms with van der Waals surface area (Å²) in [6.07, 6.45) is 2.37. The lowest BCUT2D eigenvalue weighted by Crippen LogP contribution is -2.51. The van der Waals surface area contributed by atoms with Crippen LogP contribution in [0, 0.1) is 12.3 Å². The molecule has 0 aromatic heterocycles. The van der Waals surface area contributed by atoms with E-state index in [4.69, 9.17) is 11.1 Å². The first kappa shape index (κ1) is 30.6. The lowest BCUT2D eigenvalue weighted by atomic mass is 10.0. The van der Waals surface area contributed by atoms with Gasteiger partial charge in [-0.15, -0.1) is 0 Å². The van der Waals surface area contributed by atoms with E-state index < -0.39 is 34.0 Å². The molecule has 2 amide bonds. The molecule has 0 spiro atoms. The molecular formula is C27H36N6O6S. The van der Waals surface area contributed by atoms with E-state index in [-0.39, 0.29) is 29.7 Å². The molecule has 2 aromatic rings. The zero-order valence-electron chi connectivity index (χ0n) is 22.4. The van der Waals surface area contributed by atoms with Gasteiger partial charge in [0.25, 0.3) is 0 Å². The Hall–Kier alpha value is -3.97. The molecule has 216 valence electrons. The average Bonchev–Trinajstić information content (AvgIpc) is 3.40. The van der Waals surface area contributed by atoms with Crippen LogP contribution in [0.5, 0.6) is 0 Å². The van der Waals surface area contributed by atoms with Crippen molar-refractivity contribution in [3.63, 3.8) is 0 Å². The van der Waals surface area contributed by atoms with Gasteiger partial charge < -0.3 is 26.8 Å². The van der Waals surface area contributed by atoms with Gasteiger partial charge in [-0.25, -0.2) is 13.2 Å². The molecule has 13 heteroatoms. The fourth-order valence-electron chi connectivity index (χ4n) is 4.42. The Morgan fingerprint density at radius 1 is 1.10 bits per heavy atom. The summed E-state index contributed by atoms with van der Waals surface area (Å²) >= 11 is 0. The van der Waals surface area contributed by atoms with Gasteiger partial charge in [0.2, 0.25) is 21.8 Å². The van der Waals surface area contributed by atoms with Gasteiger partial charge in [-0.1, -0.05) is 29.8 Å². The van der Waals surface area contributed by atoms with Gasteiger partial charge in [0.05, 0.1) is 4.90 Å². The minimum absolute atomic E-state index is 0.0180. The summed E-state index contributed by atoms with van der Waals surface area (Å²) < 4.78 is 27.5. The van der Waals surface area contributed by atoms with E-state index in [9.17, 15) is 27.9 Å². The number of hydrogen-bond donors (Lipinski definition) is 6. The number of nitrogens with one attached hydrogen (secondary N) is 4. The quantitative estimate of drug-likeness (QED) is 0.118. The van der Waals surface area contributed by atoms with E-state index in [0.717, 1.165) is 9.87 Å². The number of aliphatic carboxylic acids is 1. The number of nitrogens with two attached hydrogens (primary N) is 1. The molecule has 1 aliphatic rings. The van der Waals surface area contributed by atoms with E-state index in [1.807, 2.05) is 6.92 Å². The second kappa shape index (κ2) is 13.9. The number of carboxylic acids is 1. The maximum absolute atomic E-state index is 13.2. The van der Waals surface area contributed by atoms with Crippen LogP contribution in [0.25, 0.3) is 0 Å². The smallest absolute Gasteiger partial charge is 0.326 e. The van der Waals surface area contributed by atoms with Crippen LogP contribution >= 0.6 is 0 Å². The van der Waals surface area contributed by atoms with E-state index >= 15 is 0 Å². The number of nitrogens with zero attached hydrogens (tertiary/aromatic N) is 1. The zero-order chi connectivity index (χ0) is 29.3. The summed E-state index contributed by atoms with van der Waals surface area (Å²) in [5.74, 6) is -2.17. The third-order valence-corrected chi connectivity index (χ3v) is 8.49. The Bertz CT molecular complexity index is 1310. The number of aryl methyl sites for hydroxylation is 1. The second-order valence-electron chi connectivity index (χ2n) is 9.73. The molecule has 2 aromatic carbocycles. The molecule has 0 bridgehead atoms.